The van der Waals surface area contributed by atoms with E-state index in [4.69, 9.17) is 0 Å². The average Bonchev–Trinajstić information content (AvgIpc) is 3.24. The lowest BCUT2D eigenvalue weighted by molar-refractivity contribution is 0.0944. The fourth-order valence-electron chi connectivity index (χ4n) is 3.18. The fraction of sp³-hybridized carbons (Fsp3) is 0.211. The molecule has 0 spiro atoms. The van der Waals surface area contributed by atoms with E-state index >= 15 is 0 Å². The van der Waals surface area contributed by atoms with Crippen LogP contribution in [-0.2, 0) is 19.4 Å². The number of aromatic nitrogens is 3. The second-order valence-electron chi connectivity index (χ2n) is 6.06. The summed E-state index contributed by atoms with van der Waals surface area (Å²) in [6, 6.07) is 9.91. The lowest BCUT2D eigenvalue weighted by Gasteiger charge is -2.05. The molecule has 5 nitrogen and oxygen atoms in total. The average molecular weight is 336 g/mol. The number of hydrogen-bond donors (Lipinski definition) is 1. The molecule has 4 rings (SSSR count). The van der Waals surface area contributed by atoms with Crippen LogP contribution in [0.4, 0.5) is 4.39 Å². The highest BCUT2D eigenvalue weighted by Gasteiger charge is 2.26. The van der Waals surface area contributed by atoms with Crippen LogP contribution in [0, 0.1) is 5.82 Å². The highest BCUT2D eigenvalue weighted by Crippen LogP contribution is 2.27. The van der Waals surface area contributed by atoms with E-state index < -0.39 is 0 Å². The van der Waals surface area contributed by atoms with Crippen molar-refractivity contribution in [2.24, 2.45) is 0 Å². The Balaban J connectivity index is 1.61. The van der Waals surface area contributed by atoms with Crippen molar-refractivity contribution in [3.8, 4) is 5.69 Å². The molecule has 0 saturated heterocycles. The second-order valence-corrected chi connectivity index (χ2v) is 6.06. The third kappa shape index (κ3) is 3.03. The van der Waals surface area contributed by atoms with Crippen LogP contribution in [0.2, 0.25) is 0 Å². The maximum Gasteiger partial charge on any atom is 0.272 e. The van der Waals surface area contributed by atoms with Crippen molar-refractivity contribution < 1.29 is 9.18 Å². The van der Waals surface area contributed by atoms with Gasteiger partial charge in [-0.2, -0.15) is 5.10 Å². The number of hydrogen-bond acceptors (Lipinski definition) is 3. The largest absolute Gasteiger partial charge is 0.346 e. The first kappa shape index (κ1) is 15.5. The summed E-state index contributed by atoms with van der Waals surface area (Å²) in [5.74, 6) is -0.482. The number of nitrogens with one attached hydrogen (secondary N) is 1. The van der Waals surface area contributed by atoms with E-state index in [1.807, 2.05) is 12.1 Å². The maximum absolute atomic E-state index is 13.2. The zero-order valence-corrected chi connectivity index (χ0v) is 13.6. The Hall–Kier alpha value is -3.02. The first-order valence-corrected chi connectivity index (χ1v) is 8.26. The summed E-state index contributed by atoms with van der Waals surface area (Å²) in [5, 5.41) is 7.41. The highest BCUT2D eigenvalue weighted by atomic mass is 19.1. The molecule has 1 aliphatic rings. The van der Waals surface area contributed by atoms with Crippen LogP contribution in [0.15, 0.2) is 48.8 Å². The van der Waals surface area contributed by atoms with Gasteiger partial charge >= 0.3 is 0 Å². The minimum atomic E-state index is -0.290. The number of carbonyl (C=O) groups excluding carboxylic acids is 1. The van der Waals surface area contributed by atoms with Crippen LogP contribution < -0.4 is 5.32 Å². The number of pyridine rings is 1. The van der Waals surface area contributed by atoms with Gasteiger partial charge in [-0.1, -0.05) is 6.07 Å². The minimum Gasteiger partial charge on any atom is -0.346 e. The van der Waals surface area contributed by atoms with Crippen LogP contribution >= 0.6 is 0 Å². The van der Waals surface area contributed by atoms with Crippen LogP contribution in [0.1, 0.15) is 33.7 Å². The van der Waals surface area contributed by atoms with Gasteiger partial charge in [-0.25, -0.2) is 9.07 Å². The molecular formula is C19H17FN4O. The SMILES string of the molecule is O=C(NCc1cccnc1)c1nn(-c2ccc(F)cc2)c2c1CCC2. The Bertz CT molecular complexity index is 903. The molecule has 1 aromatic carbocycles. The predicted octanol–water partition coefficient (Wildman–Crippen LogP) is 2.83. The van der Waals surface area contributed by atoms with Crippen molar-refractivity contribution in [2.45, 2.75) is 25.8 Å². The summed E-state index contributed by atoms with van der Waals surface area (Å²) < 4.78 is 14.9. The number of fused-ring (bicyclic) bond motifs is 1. The summed E-state index contributed by atoms with van der Waals surface area (Å²) in [7, 11) is 0. The summed E-state index contributed by atoms with van der Waals surface area (Å²) >= 11 is 0. The van der Waals surface area contributed by atoms with Crippen LogP contribution in [0.25, 0.3) is 5.69 Å². The van der Waals surface area contributed by atoms with Gasteiger partial charge in [-0.15, -0.1) is 0 Å². The Labute approximate surface area is 144 Å². The van der Waals surface area contributed by atoms with E-state index in [2.05, 4.69) is 15.4 Å². The molecule has 2 aromatic heterocycles. The van der Waals surface area contributed by atoms with Crippen molar-refractivity contribution in [2.75, 3.05) is 0 Å². The topological polar surface area (TPSA) is 59.8 Å². The highest BCUT2D eigenvalue weighted by molar-refractivity contribution is 5.94. The number of carbonyl (C=O) groups is 1. The Morgan fingerprint density at radius 3 is 2.80 bits per heavy atom. The monoisotopic (exact) mass is 336 g/mol. The lowest BCUT2D eigenvalue weighted by Crippen LogP contribution is -2.24. The summed E-state index contributed by atoms with van der Waals surface area (Å²) in [6.07, 6.45) is 6.13. The van der Waals surface area contributed by atoms with Crippen LogP contribution in [-0.4, -0.2) is 20.7 Å². The minimum absolute atomic E-state index is 0.192. The molecule has 126 valence electrons. The van der Waals surface area contributed by atoms with Gasteiger partial charge in [-0.3, -0.25) is 9.78 Å². The third-order valence-corrected chi connectivity index (χ3v) is 4.39. The number of benzene rings is 1. The Morgan fingerprint density at radius 1 is 1.20 bits per heavy atom. The lowest BCUT2D eigenvalue weighted by atomic mass is 10.2. The molecule has 25 heavy (non-hydrogen) atoms. The molecule has 1 aliphatic carbocycles. The number of rotatable bonds is 4. The van der Waals surface area contributed by atoms with Gasteiger partial charge in [0.05, 0.1) is 5.69 Å². The second kappa shape index (κ2) is 6.47. The number of halogens is 1. The molecule has 2 heterocycles. The molecular weight excluding hydrogens is 319 g/mol. The molecule has 0 radical (unpaired) electrons. The van der Waals surface area contributed by atoms with Gasteiger partial charge in [0, 0.05) is 30.2 Å². The molecule has 0 aliphatic heterocycles. The third-order valence-electron chi connectivity index (χ3n) is 4.39. The summed E-state index contributed by atoms with van der Waals surface area (Å²) in [6.45, 7) is 0.408. The van der Waals surface area contributed by atoms with Gasteiger partial charge in [-0.05, 0) is 55.2 Å². The van der Waals surface area contributed by atoms with Crippen molar-refractivity contribution in [3.63, 3.8) is 0 Å². The number of amides is 1. The normalized spacial score (nSPS) is 12.8. The summed E-state index contributed by atoms with van der Waals surface area (Å²) in [5.41, 5.74) is 4.20. The van der Waals surface area contributed by atoms with Gasteiger partial charge in [0.15, 0.2) is 5.69 Å². The molecule has 0 atom stereocenters. The van der Waals surface area contributed by atoms with E-state index in [0.717, 1.165) is 41.8 Å². The zero-order valence-electron chi connectivity index (χ0n) is 13.6. The van der Waals surface area contributed by atoms with Gasteiger partial charge < -0.3 is 5.32 Å². The van der Waals surface area contributed by atoms with E-state index in [-0.39, 0.29) is 11.7 Å². The van der Waals surface area contributed by atoms with Crippen molar-refractivity contribution in [1.82, 2.24) is 20.1 Å². The van der Waals surface area contributed by atoms with Crippen molar-refractivity contribution in [3.05, 3.63) is 77.1 Å². The van der Waals surface area contributed by atoms with Crippen molar-refractivity contribution in [1.29, 1.82) is 0 Å². The summed E-state index contributed by atoms with van der Waals surface area (Å²) in [4.78, 5) is 16.7. The maximum atomic E-state index is 13.2. The molecule has 3 aromatic rings. The first-order chi connectivity index (χ1) is 12.2. The van der Waals surface area contributed by atoms with E-state index in [1.54, 1.807) is 29.2 Å². The molecule has 1 N–H and O–H groups in total. The quantitative estimate of drug-likeness (QED) is 0.797. The molecule has 6 heteroatoms. The Morgan fingerprint density at radius 2 is 2.04 bits per heavy atom. The van der Waals surface area contributed by atoms with Crippen LogP contribution in [0.3, 0.4) is 0 Å². The van der Waals surface area contributed by atoms with Gasteiger partial charge in [0.25, 0.3) is 5.91 Å². The van der Waals surface area contributed by atoms with Crippen molar-refractivity contribution >= 4 is 5.91 Å². The molecule has 0 bridgehead atoms. The molecule has 1 amide bonds. The smallest absolute Gasteiger partial charge is 0.272 e. The van der Waals surface area contributed by atoms with Gasteiger partial charge in [0.2, 0.25) is 0 Å². The van der Waals surface area contributed by atoms with Gasteiger partial charge in [0.1, 0.15) is 5.82 Å². The number of nitrogens with zero attached hydrogens (tertiary/aromatic N) is 3. The zero-order chi connectivity index (χ0) is 17.2. The fourth-order valence-corrected chi connectivity index (χ4v) is 3.18. The van der Waals surface area contributed by atoms with E-state index in [0.29, 0.717) is 12.2 Å². The van der Waals surface area contributed by atoms with E-state index in [9.17, 15) is 9.18 Å². The molecule has 0 unspecified atom stereocenters. The molecule has 0 saturated carbocycles. The predicted molar refractivity (Wildman–Crippen MR) is 91.0 cm³/mol. The van der Waals surface area contributed by atoms with E-state index in [1.165, 1.54) is 12.1 Å². The molecule has 0 fully saturated rings. The standard InChI is InChI=1S/C19H17FN4O/c20-14-6-8-15(9-7-14)24-17-5-1-4-16(17)18(23-24)19(25)22-12-13-3-2-10-21-11-13/h2-3,6-11H,1,4-5,12H2,(H,22,25). The first-order valence-electron chi connectivity index (χ1n) is 8.26. The van der Waals surface area contributed by atoms with Crippen LogP contribution in [0.5, 0.6) is 0 Å². The Kier molecular flexibility index (Phi) is 4.01.